The number of nitriles is 1. The molecule has 2 aromatic heterocycles. The topological polar surface area (TPSA) is 141 Å². The van der Waals surface area contributed by atoms with Gasteiger partial charge >= 0.3 is 0 Å². The van der Waals surface area contributed by atoms with E-state index in [0.717, 1.165) is 34.0 Å². The van der Waals surface area contributed by atoms with Gasteiger partial charge in [0.05, 0.1) is 16.0 Å². The van der Waals surface area contributed by atoms with E-state index in [4.69, 9.17) is 4.98 Å². The fourth-order valence-electron chi connectivity index (χ4n) is 3.88. The molecule has 0 aliphatic rings. The summed E-state index contributed by atoms with van der Waals surface area (Å²) in [5.41, 5.74) is 5.59. The summed E-state index contributed by atoms with van der Waals surface area (Å²) in [7, 11) is 0. The van der Waals surface area contributed by atoms with Crippen molar-refractivity contribution in [1.29, 1.82) is 5.26 Å². The van der Waals surface area contributed by atoms with Crippen LogP contribution < -0.4 is 10.6 Å². The standard InChI is InChI=1S/C28H22N8O2S/c1-16-4-8-19(9-5-16)30-26-23(15-29)18(3)25(27(32-26)31-20-10-6-17(2)7-11-20)33-34-28-22-14-21(36(37)38)12-13-24(22)35-39-28/h4-14H,1-3H3,(H2,30,31,32)/b34-33+. The monoisotopic (exact) mass is 534 g/mol. The second-order valence-electron chi connectivity index (χ2n) is 8.90. The Morgan fingerprint density at radius 1 is 0.897 bits per heavy atom. The molecule has 2 heterocycles. The highest BCUT2D eigenvalue weighted by Gasteiger charge is 2.19. The van der Waals surface area contributed by atoms with Crippen LogP contribution in [0.25, 0.3) is 10.9 Å². The molecule has 39 heavy (non-hydrogen) atoms. The second kappa shape index (κ2) is 10.6. The maximum atomic E-state index is 11.3. The van der Waals surface area contributed by atoms with Crippen molar-refractivity contribution in [1.82, 2.24) is 9.36 Å². The summed E-state index contributed by atoms with van der Waals surface area (Å²) >= 11 is 1.08. The molecule has 11 heteroatoms. The van der Waals surface area contributed by atoms with Crippen molar-refractivity contribution in [3.05, 3.63) is 99.1 Å². The Morgan fingerprint density at radius 2 is 1.51 bits per heavy atom. The van der Waals surface area contributed by atoms with E-state index >= 15 is 0 Å². The van der Waals surface area contributed by atoms with Gasteiger partial charge in [-0.3, -0.25) is 10.1 Å². The lowest BCUT2D eigenvalue weighted by Gasteiger charge is -2.16. The Kier molecular flexibility index (Phi) is 6.94. The van der Waals surface area contributed by atoms with Crippen LogP contribution in [-0.2, 0) is 0 Å². The van der Waals surface area contributed by atoms with Crippen molar-refractivity contribution in [3.8, 4) is 6.07 Å². The van der Waals surface area contributed by atoms with Crippen LogP contribution in [-0.4, -0.2) is 14.3 Å². The number of non-ortho nitro benzene ring substituents is 1. The van der Waals surface area contributed by atoms with Gasteiger partial charge in [0.2, 0.25) is 0 Å². The van der Waals surface area contributed by atoms with Gasteiger partial charge < -0.3 is 10.6 Å². The van der Waals surface area contributed by atoms with Gasteiger partial charge in [-0.25, -0.2) is 4.98 Å². The molecular formula is C28H22N8O2S. The van der Waals surface area contributed by atoms with Crippen molar-refractivity contribution in [2.45, 2.75) is 20.8 Å². The number of nitrogens with zero attached hydrogens (tertiary/aromatic N) is 6. The highest BCUT2D eigenvalue weighted by atomic mass is 32.1. The number of anilines is 4. The zero-order valence-corrected chi connectivity index (χ0v) is 22.1. The van der Waals surface area contributed by atoms with E-state index in [1.807, 2.05) is 62.4 Å². The fraction of sp³-hybridized carbons (Fsp3) is 0.107. The van der Waals surface area contributed by atoms with E-state index < -0.39 is 4.92 Å². The quantitative estimate of drug-likeness (QED) is 0.121. The molecule has 0 amide bonds. The number of aryl methyl sites for hydroxylation is 2. The number of rotatable bonds is 7. The third kappa shape index (κ3) is 5.41. The highest BCUT2D eigenvalue weighted by Crippen LogP contribution is 2.39. The summed E-state index contributed by atoms with van der Waals surface area (Å²) in [5.74, 6) is 0.778. The Bertz CT molecular complexity index is 1770. The fourth-order valence-corrected chi connectivity index (χ4v) is 4.56. The molecule has 0 aliphatic carbocycles. The van der Waals surface area contributed by atoms with Crippen LogP contribution in [0.2, 0.25) is 0 Å². The molecule has 0 unspecified atom stereocenters. The molecule has 5 rings (SSSR count). The van der Waals surface area contributed by atoms with E-state index in [9.17, 15) is 15.4 Å². The van der Waals surface area contributed by atoms with Gasteiger partial charge in [0, 0.05) is 34.5 Å². The third-order valence-electron chi connectivity index (χ3n) is 6.05. The summed E-state index contributed by atoms with van der Waals surface area (Å²) < 4.78 is 4.32. The first kappa shape index (κ1) is 25.4. The summed E-state index contributed by atoms with van der Waals surface area (Å²) in [6, 6.07) is 22.2. The second-order valence-corrected chi connectivity index (χ2v) is 9.65. The molecule has 10 nitrogen and oxygen atoms in total. The van der Waals surface area contributed by atoms with Crippen molar-refractivity contribution in [2.24, 2.45) is 10.2 Å². The number of aromatic nitrogens is 2. The van der Waals surface area contributed by atoms with Gasteiger partial charge in [-0.1, -0.05) is 35.4 Å². The maximum absolute atomic E-state index is 11.3. The normalized spacial score (nSPS) is 11.0. The van der Waals surface area contributed by atoms with Crippen LogP contribution >= 0.6 is 11.5 Å². The van der Waals surface area contributed by atoms with Crippen molar-refractivity contribution in [2.75, 3.05) is 10.6 Å². The summed E-state index contributed by atoms with van der Waals surface area (Å²) in [6.07, 6.45) is 0. The zero-order valence-electron chi connectivity index (χ0n) is 21.3. The number of azo groups is 1. The molecular weight excluding hydrogens is 512 g/mol. The van der Waals surface area contributed by atoms with Crippen LogP contribution in [0.3, 0.4) is 0 Å². The Hall–Kier alpha value is -5.21. The number of benzene rings is 3. The molecule has 0 atom stereocenters. The Morgan fingerprint density at radius 3 is 2.10 bits per heavy atom. The number of hydrogen-bond acceptors (Lipinski definition) is 10. The van der Waals surface area contributed by atoms with Gasteiger partial charge in [-0.05, 0) is 62.6 Å². The van der Waals surface area contributed by atoms with Gasteiger partial charge in [0.15, 0.2) is 16.6 Å². The Labute approximate surface area is 228 Å². The molecule has 0 saturated heterocycles. The average molecular weight is 535 g/mol. The van der Waals surface area contributed by atoms with Crippen LogP contribution in [0.15, 0.2) is 77.0 Å². The SMILES string of the molecule is Cc1ccc(Nc2nc(Nc3ccc(C)cc3)c(/N=N/c3snc4ccc([N+](=O)[O-])cc34)c(C)c2C#N)cc1. The zero-order chi connectivity index (χ0) is 27.5. The number of pyridine rings is 1. The van der Waals surface area contributed by atoms with Gasteiger partial charge in [-0.15, -0.1) is 10.2 Å². The largest absolute Gasteiger partial charge is 0.339 e. The van der Waals surface area contributed by atoms with E-state index in [1.54, 1.807) is 13.0 Å². The predicted molar refractivity (Wildman–Crippen MR) is 153 cm³/mol. The molecule has 2 N–H and O–H groups in total. The van der Waals surface area contributed by atoms with Crippen LogP contribution in [0, 0.1) is 42.2 Å². The van der Waals surface area contributed by atoms with E-state index in [0.29, 0.717) is 44.4 Å². The lowest BCUT2D eigenvalue weighted by molar-refractivity contribution is -0.384. The lowest BCUT2D eigenvalue weighted by Crippen LogP contribution is -2.04. The van der Waals surface area contributed by atoms with Crippen molar-refractivity contribution < 1.29 is 4.92 Å². The molecule has 0 spiro atoms. The van der Waals surface area contributed by atoms with Crippen molar-refractivity contribution in [3.63, 3.8) is 0 Å². The van der Waals surface area contributed by atoms with Crippen LogP contribution in [0.1, 0.15) is 22.3 Å². The minimum atomic E-state index is -0.464. The Balaban J connectivity index is 1.61. The summed E-state index contributed by atoms with van der Waals surface area (Å²) in [6.45, 7) is 5.78. The minimum absolute atomic E-state index is 0.0583. The number of hydrogen-bond donors (Lipinski definition) is 2. The van der Waals surface area contributed by atoms with Gasteiger partial charge in [0.25, 0.3) is 5.69 Å². The van der Waals surface area contributed by atoms with E-state index in [2.05, 4.69) is 31.3 Å². The minimum Gasteiger partial charge on any atom is -0.339 e. The molecule has 0 fully saturated rings. The van der Waals surface area contributed by atoms with Crippen LogP contribution in [0.5, 0.6) is 0 Å². The first-order chi connectivity index (χ1) is 18.8. The average Bonchev–Trinajstić information content (AvgIpc) is 3.33. The molecule has 3 aromatic carbocycles. The molecule has 0 saturated carbocycles. The third-order valence-corrected chi connectivity index (χ3v) is 6.81. The van der Waals surface area contributed by atoms with Gasteiger partial charge in [-0.2, -0.15) is 9.64 Å². The van der Waals surface area contributed by atoms with Crippen LogP contribution in [0.4, 0.5) is 39.4 Å². The van der Waals surface area contributed by atoms with E-state index in [1.165, 1.54) is 12.1 Å². The molecule has 0 radical (unpaired) electrons. The molecule has 192 valence electrons. The molecule has 0 aliphatic heterocycles. The number of nitrogens with one attached hydrogen (secondary N) is 2. The highest BCUT2D eigenvalue weighted by molar-refractivity contribution is 7.11. The van der Waals surface area contributed by atoms with Crippen molar-refractivity contribution >= 4 is 61.8 Å². The lowest BCUT2D eigenvalue weighted by atomic mass is 10.1. The summed E-state index contributed by atoms with van der Waals surface area (Å²) in [4.78, 5) is 15.5. The number of nitro groups is 1. The maximum Gasteiger partial charge on any atom is 0.270 e. The van der Waals surface area contributed by atoms with E-state index in [-0.39, 0.29) is 5.69 Å². The predicted octanol–water partition coefficient (Wildman–Crippen LogP) is 8.30. The van der Waals surface area contributed by atoms with Gasteiger partial charge in [0.1, 0.15) is 11.8 Å². The first-order valence-electron chi connectivity index (χ1n) is 11.9. The first-order valence-corrected chi connectivity index (χ1v) is 12.7. The smallest absolute Gasteiger partial charge is 0.270 e. The molecule has 0 bridgehead atoms. The summed E-state index contributed by atoms with van der Waals surface area (Å²) in [5, 5.41) is 37.7. The number of nitro benzene ring substituents is 1. The number of fused-ring (bicyclic) bond motifs is 1. The molecule has 5 aromatic rings.